The predicted molar refractivity (Wildman–Crippen MR) is 115 cm³/mol. The molecular weight excluding hydrogens is 489 g/mol. The molecule has 2 amide bonds. The Hall–Kier alpha value is -2.14. The maximum atomic E-state index is 15.6. The molecule has 1 aliphatic heterocycles. The Kier molecular flexibility index (Phi) is 7.73. The van der Waals surface area contributed by atoms with E-state index in [9.17, 15) is 23.1 Å². The number of nitrogens with one attached hydrogen (secondary N) is 1. The van der Waals surface area contributed by atoms with Crippen LogP contribution in [-0.4, -0.2) is 51.9 Å². The van der Waals surface area contributed by atoms with E-state index in [0.29, 0.717) is 5.56 Å². The van der Waals surface area contributed by atoms with Crippen LogP contribution in [0.5, 0.6) is 0 Å². The second-order valence-corrected chi connectivity index (χ2v) is 8.60. The van der Waals surface area contributed by atoms with E-state index in [1.54, 1.807) is 0 Å². The van der Waals surface area contributed by atoms with Gasteiger partial charge in [-0.2, -0.15) is 13.2 Å². The first-order chi connectivity index (χ1) is 15.4. The number of amides is 2. The molecule has 0 bridgehead atoms. The van der Waals surface area contributed by atoms with Gasteiger partial charge >= 0.3 is 12.2 Å². The van der Waals surface area contributed by atoms with E-state index < -0.39 is 41.2 Å². The third-order valence-corrected chi connectivity index (χ3v) is 5.97. The summed E-state index contributed by atoms with van der Waals surface area (Å²) in [4.78, 5) is 17.9. The zero-order chi connectivity index (χ0) is 24.4. The number of pyridine rings is 1. The first-order valence-corrected chi connectivity index (χ1v) is 10.7. The number of aliphatic hydroxyl groups is 2. The first-order valence-electron chi connectivity index (χ1n) is 9.98. The first kappa shape index (κ1) is 25.5. The monoisotopic (exact) mass is 509 g/mol. The number of urea groups is 1. The van der Waals surface area contributed by atoms with E-state index >= 15 is 4.39 Å². The molecule has 1 atom stereocenters. The fraction of sp³-hybridized carbons (Fsp3) is 0.429. The molecule has 1 unspecified atom stereocenters. The highest BCUT2D eigenvalue weighted by Gasteiger charge is 2.40. The summed E-state index contributed by atoms with van der Waals surface area (Å²) in [6, 6.07) is 3.76. The van der Waals surface area contributed by atoms with Gasteiger partial charge in [-0.15, -0.1) is 0 Å². The molecule has 1 fully saturated rings. The summed E-state index contributed by atoms with van der Waals surface area (Å²) in [6.07, 6.45) is -4.25. The van der Waals surface area contributed by atoms with Gasteiger partial charge in [-0.05, 0) is 29.8 Å². The van der Waals surface area contributed by atoms with Gasteiger partial charge in [0.15, 0.2) is 5.67 Å². The lowest BCUT2D eigenvalue weighted by Gasteiger charge is -2.36. The lowest BCUT2D eigenvalue weighted by atomic mass is 9.89. The van der Waals surface area contributed by atoms with E-state index in [4.69, 9.17) is 28.3 Å². The number of alkyl halides is 4. The average Bonchev–Trinajstić information content (AvgIpc) is 2.73. The van der Waals surface area contributed by atoms with Crippen LogP contribution in [0, 0.1) is 0 Å². The minimum absolute atomic E-state index is 0.0275. The summed E-state index contributed by atoms with van der Waals surface area (Å²) < 4.78 is 54.0. The van der Waals surface area contributed by atoms with Crippen molar-refractivity contribution in [3.05, 3.63) is 57.3 Å². The van der Waals surface area contributed by atoms with Crippen molar-refractivity contribution < 1.29 is 32.6 Å². The molecule has 0 radical (unpaired) electrons. The number of aliphatic hydroxyl groups excluding tert-OH is 2. The Morgan fingerprint density at radius 2 is 1.88 bits per heavy atom. The number of carbonyl (C=O) groups is 1. The third kappa shape index (κ3) is 6.06. The number of likely N-dealkylation sites (tertiary alicyclic amines) is 1. The van der Waals surface area contributed by atoms with Crippen LogP contribution in [0.2, 0.25) is 10.0 Å². The maximum absolute atomic E-state index is 15.6. The summed E-state index contributed by atoms with van der Waals surface area (Å²) in [6.45, 7) is -0.373. The topological polar surface area (TPSA) is 85.7 Å². The second-order valence-electron chi connectivity index (χ2n) is 7.79. The molecule has 1 saturated heterocycles. The number of anilines is 1. The number of carbonyl (C=O) groups excluding carboxylic acids is 1. The van der Waals surface area contributed by atoms with Crippen molar-refractivity contribution in [1.29, 1.82) is 0 Å². The minimum Gasteiger partial charge on any atom is -0.394 e. The molecule has 1 aliphatic rings. The average molecular weight is 510 g/mol. The van der Waals surface area contributed by atoms with Gasteiger partial charge in [-0.3, -0.25) is 4.98 Å². The molecule has 12 heteroatoms. The quantitative estimate of drug-likeness (QED) is 0.505. The Balaban J connectivity index is 1.63. The van der Waals surface area contributed by atoms with E-state index in [0.717, 1.165) is 18.2 Å². The molecule has 2 heterocycles. The van der Waals surface area contributed by atoms with Crippen LogP contribution < -0.4 is 5.32 Å². The van der Waals surface area contributed by atoms with Crippen LogP contribution in [0.3, 0.4) is 0 Å². The van der Waals surface area contributed by atoms with Gasteiger partial charge < -0.3 is 20.4 Å². The number of piperidine rings is 1. The van der Waals surface area contributed by atoms with Crippen molar-refractivity contribution >= 4 is 34.9 Å². The molecule has 6 nitrogen and oxygen atoms in total. The van der Waals surface area contributed by atoms with Gasteiger partial charge in [0.25, 0.3) is 0 Å². The van der Waals surface area contributed by atoms with Crippen molar-refractivity contribution in [1.82, 2.24) is 9.88 Å². The number of hydrogen-bond donors (Lipinski definition) is 3. The van der Waals surface area contributed by atoms with Crippen molar-refractivity contribution in [3.63, 3.8) is 0 Å². The van der Waals surface area contributed by atoms with Crippen LogP contribution >= 0.6 is 23.2 Å². The largest absolute Gasteiger partial charge is 0.417 e. The number of benzene rings is 1. The highest BCUT2D eigenvalue weighted by atomic mass is 35.5. The molecule has 180 valence electrons. The van der Waals surface area contributed by atoms with E-state index in [1.807, 2.05) is 0 Å². The molecule has 2 aromatic rings. The molecule has 33 heavy (non-hydrogen) atoms. The Morgan fingerprint density at radius 1 is 1.21 bits per heavy atom. The third-order valence-electron chi connectivity index (χ3n) is 5.37. The highest BCUT2D eigenvalue weighted by molar-refractivity contribution is 6.32. The zero-order valence-corrected chi connectivity index (χ0v) is 18.7. The van der Waals surface area contributed by atoms with Crippen molar-refractivity contribution in [2.24, 2.45) is 0 Å². The fourth-order valence-electron chi connectivity index (χ4n) is 3.58. The van der Waals surface area contributed by atoms with Gasteiger partial charge in [0.2, 0.25) is 0 Å². The molecule has 0 spiro atoms. The van der Waals surface area contributed by atoms with E-state index in [2.05, 4.69) is 10.3 Å². The lowest BCUT2D eigenvalue weighted by Crippen LogP contribution is -2.45. The van der Waals surface area contributed by atoms with Gasteiger partial charge in [0.1, 0.15) is 0 Å². The molecule has 0 saturated carbocycles. The summed E-state index contributed by atoms with van der Waals surface area (Å²) in [5.41, 5.74) is -2.23. The summed E-state index contributed by atoms with van der Waals surface area (Å²) in [5, 5.41) is 20.5. The Morgan fingerprint density at radius 3 is 2.42 bits per heavy atom. The molecule has 3 N–H and O–H groups in total. The highest BCUT2D eigenvalue weighted by Crippen LogP contribution is 2.40. The summed E-state index contributed by atoms with van der Waals surface area (Å²) >= 11 is 11.9. The molecule has 3 rings (SSSR count). The molecular formula is C21H21Cl2F4N3O3. The van der Waals surface area contributed by atoms with Crippen LogP contribution in [0.1, 0.15) is 29.7 Å². The second kappa shape index (κ2) is 10.0. The maximum Gasteiger partial charge on any atom is 0.417 e. The van der Waals surface area contributed by atoms with Crippen molar-refractivity contribution in [3.8, 4) is 0 Å². The van der Waals surface area contributed by atoms with E-state index in [1.165, 1.54) is 17.2 Å². The predicted octanol–water partition coefficient (Wildman–Crippen LogP) is 4.80. The molecule has 1 aromatic heterocycles. The summed E-state index contributed by atoms with van der Waals surface area (Å²) in [7, 11) is 0. The van der Waals surface area contributed by atoms with Crippen molar-refractivity contribution in [2.75, 3.05) is 25.0 Å². The van der Waals surface area contributed by atoms with Crippen LogP contribution in [0.25, 0.3) is 0 Å². The Labute approximate surface area is 197 Å². The van der Waals surface area contributed by atoms with Crippen LogP contribution in [0.4, 0.5) is 28.0 Å². The number of aromatic nitrogens is 1. The van der Waals surface area contributed by atoms with Crippen molar-refractivity contribution in [2.45, 2.75) is 37.2 Å². The van der Waals surface area contributed by atoms with Gasteiger partial charge in [-0.1, -0.05) is 23.2 Å². The van der Waals surface area contributed by atoms with Gasteiger partial charge in [-0.25, -0.2) is 9.18 Å². The summed E-state index contributed by atoms with van der Waals surface area (Å²) in [5.74, 6) is 0. The van der Waals surface area contributed by atoms with Crippen LogP contribution in [-0.2, 0) is 18.3 Å². The number of nitrogens with zero attached hydrogens (tertiary/aromatic N) is 2. The van der Waals surface area contributed by atoms with Gasteiger partial charge in [0.05, 0.1) is 34.0 Å². The standard InChI is InChI=1S/C21H21Cl2F4N3O3/c22-16-9-13(1-2-15(16)21(25,26)27)29-19(33)30-5-3-20(24,4-6-30)18-17(23)8-12(10-28-18)7-14(32)11-31/h1-2,8-10,14,31-32H,3-7,11H2,(H,29,33). The fourth-order valence-corrected chi connectivity index (χ4v) is 4.23. The van der Waals surface area contributed by atoms with Gasteiger partial charge in [0, 0.05) is 44.2 Å². The minimum atomic E-state index is -4.61. The Bertz CT molecular complexity index is 1010. The zero-order valence-electron chi connectivity index (χ0n) is 17.2. The number of halogens is 6. The molecule has 0 aliphatic carbocycles. The van der Waals surface area contributed by atoms with Crippen LogP contribution in [0.15, 0.2) is 30.5 Å². The van der Waals surface area contributed by atoms with E-state index in [-0.39, 0.29) is 48.8 Å². The smallest absolute Gasteiger partial charge is 0.394 e. The lowest BCUT2D eigenvalue weighted by molar-refractivity contribution is -0.137. The SMILES string of the molecule is O=C(Nc1ccc(C(F)(F)F)c(Cl)c1)N1CCC(F)(c2ncc(CC(O)CO)cc2Cl)CC1. The number of rotatable bonds is 5. The molecule has 1 aromatic carbocycles. The number of hydrogen-bond acceptors (Lipinski definition) is 4. The normalized spacial score (nSPS) is 17.0.